The lowest BCUT2D eigenvalue weighted by molar-refractivity contribution is 0.609. The molecule has 24 heavy (non-hydrogen) atoms. The Kier molecular flexibility index (Phi) is 6.76. The predicted octanol–water partition coefficient (Wildman–Crippen LogP) is 3.62. The summed E-state index contributed by atoms with van der Waals surface area (Å²) in [4.78, 5) is 5.73. The highest BCUT2D eigenvalue weighted by molar-refractivity contribution is 7.10. The molecule has 0 saturated heterocycles. The number of aliphatic imine (C=N–C) groups is 1. The van der Waals surface area contributed by atoms with E-state index in [0.717, 1.165) is 13.1 Å². The lowest BCUT2D eigenvalue weighted by atomic mass is 10.1. The summed E-state index contributed by atoms with van der Waals surface area (Å²) < 4.78 is 13.8. The molecule has 1 aromatic heterocycles. The summed E-state index contributed by atoms with van der Waals surface area (Å²) in [5, 5.41) is 17.4. The van der Waals surface area contributed by atoms with E-state index in [1.165, 1.54) is 23.1 Å². The maximum absolute atomic E-state index is 13.8. The van der Waals surface area contributed by atoms with Gasteiger partial charge >= 0.3 is 0 Å². The molecule has 0 aliphatic carbocycles. The molecule has 2 N–H and O–H groups in total. The van der Waals surface area contributed by atoms with Crippen molar-refractivity contribution in [3.8, 4) is 6.07 Å². The molecule has 6 heteroatoms. The lowest BCUT2D eigenvalue weighted by Gasteiger charge is -2.15. The summed E-state index contributed by atoms with van der Waals surface area (Å²) in [7, 11) is 0. The molecule has 1 heterocycles. The van der Waals surface area contributed by atoms with Crippen molar-refractivity contribution < 1.29 is 4.39 Å². The summed E-state index contributed by atoms with van der Waals surface area (Å²) in [6.07, 6.45) is 0. The van der Waals surface area contributed by atoms with E-state index in [2.05, 4.69) is 34.0 Å². The van der Waals surface area contributed by atoms with E-state index in [9.17, 15) is 4.39 Å². The van der Waals surface area contributed by atoms with Gasteiger partial charge in [-0.3, -0.25) is 0 Å². The SMILES string of the molecule is CCNC(=NCc1cc(C#N)ccc1F)NCC(C)c1cccs1. The fraction of sp³-hybridized carbons (Fsp3) is 0.333. The first-order valence-corrected chi connectivity index (χ1v) is 8.76. The molecule has 0 aliphatic rings. The van der Waals surface area contributed by atoms with Gasteiger partial charge in [-0.25, -0.2) is 9.38 Å². The number of nitriles is 1. The van der Waals surface area contributed by atoms with Crippen LogP contribution in [0.2, 0.25) is 0 Å². The van der Waals surface area contributed by atoms with Gasteiger partial charge < -0.3 is 10.6 Å². The van der Waals surface area contributed by atoms with E-state index >= 15 is 0 Å². The highest BCUT2D eigenvalue weighted by Crippen LogP contribution is 2.19. The Balaban J connectivity index is 2.01. The third kappa shape index (κ3) is 5.07. The van der Waals surface area contributed by atoms with Crippen molar-refractivity contribution in [2.24, 2.45) is 4.99 Å². The average Bonchev–Trinajstić information content (AvgIpc) is 3.13. The quantitative estimate of drug-likeness (QED) is 0.621. The zero-order chi connectivity index (χ0) is 17.4. The number of nitrogens with one attached hydrogen (secondary N) is 2. The summed E-state index contributed by atoms with van der Waals surface area (Å²) in [5.41, 5.74) is 0.850. The zero-order valence-electron chi connectivity index (χ0n) is 13.8. The molecule has 0 radical (unpaired) electrons. The Hall–Kier alpha value is -2.39. The Morgan fingerprint density at radius 1 is 1.38 bits per heavy atom. The van der Waals surface area contributed by atoms with Crippen LogP contribution < -0.4 is 10.6 Å². The number of hydrogen-bond donors (Lipinski definition) is 2. The summed E-state index contributed by atoms with van der Waals surface area (Å²) >= 11 is 1.73. The van der Waals surface area contributed by atoms with Crippen molar-refractivity contribution in [2.45, 2.75) is 26.3 Å². The van der Waals surface area contributed by atoms with Gasteiger partial charge in [-0.05, 0) is 36.6 Å². The van der Waals surface area contributed by atoms with Crippen LogP contribution in [-0.4, -0.2) is 19.0 Å². The van der Waals surface area contributed by atoms with Crippen LogP contribution >= 0.6 is 11.3 Å². The fourth-order valence-corrected chi connectivity index (χ4v) is 2.98. The van der Waals surface area contributed by atoms with Gasteiger partial charge in [-0.2, -0.15) is 5.26 Å². The first-order chi connectivity index (χ1) is 11.6. The number of benzene rings is 1. The summed E-state index contributed by atoms with van der Waals surface area (Å²) in [6, 6.07) is 10.5. The number of thiophene rings is 1. The fourth-order valence-electron chi connectivity index (χ4n) is 2.19. The van der Waals surface area contributed by atoms with Crippen LogP contribution in [0.25, 0.3) is 0 Å². The second kappa shape index (κ2) is 9.04. The van der Waals surface area contributed by atoms with Crippen molar-refractivity contribution in [1.82, 2.24) is 10.6 Å². The van der Waals surface area contributed by atoms with E-state index in [1.54, 1.807) is 11.3 Å². The lowest BCUT2D eigenvalue weighted by Crippen LogP contribution is -2.39. The predicted molar refractivity (Wildman–Crippen MR) is 96.7 cm³/mol. The van der Waals surface area contributed by atoms with Crippen molar-refractivity contribution in [1.29, 1.82) is 5.26 Å². The van der Waals surface area contributed by atoms with E-state index in [1.807, 2.05) is 19.1 Å². The molecule has 1 unspecified atom stereocenters. The minimum atomic E-state index is -0.347. The highest BCUT2D eigenvalue weighted by atomic mass is 32.1. The molecule has 2 aromatic rings. The smallest absolute Gasteiger partial charge is 0.191 e. The second-order valence-electron chi connectivity index (χ2n) is 5.41. The first kappa shape index (κ1) is 18.0. The maximum Gasteiger partial charge on any atom is 0.191 e. The molecule has 0 aliphatic heterocycles. The number of rotatable bonds is 6. The number of halogens is 1. The van der Waals surface area contributed by atoms with Crippen LogP contribution in [0.5, 0.6) is 0 Å². The van der Waals surface area contributed by atoms with Crippen LogP contribution in [0, 0.1) is 17.1 Å². The maximum atomic E-state index is 13.8. The van der Waals surface area contributed by atoms with Gasteiger partial charge in [0, 0.05) is 29.4 Å². The molecular formula is C18H21FN4S. The summed E-state index contributed by atoms with van der Waals surface area (Å²) in [6.45, 7) is 5.78. The highest BCUT2D eigenvalue weighted by Gasteiger charge is 2.08. The molecule has 1 atom stereocenters. The van der Waals surface area contributed by atoms with Crippen LogP contribution in [0.15, 0.2) is 40.7 Å². The van der Waals surface area contributed by atoms with Gasteiger partial charge in [0.25, 0.3) is 0 Å². The van der Waals surface area contributed by atoms with Crippen LogP contribution in [0.1, 0.15) is 35.8 Å². The number of hydrogen-bond acceptors (Lipinski definition) is 3. The second-order valence-corrected chi connectivity index (χ2v) is 6.39. The van der Waals surface area contributed by atoms with E-state index < -0.39 is 0 Å². The molecule has 0 spiro atoms. The Labute approximate surface area is 146 Å². The molecular weight excluding hydrogens is 323 g/mol. The van der Waals surface area contributed by atoms with Crippen LogP contribution in [-0.2, 0) is 6.54 Å². The van der Waals surface area contributed by atoms with Crippen molar-refractivity contribution >= 4 is 17.3 Å². The van der Waals surface area contributed by atoms with Gasteiger partial charge in [0.2, 0.25) is 0 Å². The Morgan fingerprint density at radius 3 is 2.88 bits per heavy atom. The third-order valence-corrected chi connectivity index (χ3v) is 4.63. The first-order valence-electron chi connectivity index (χ1n) is 7.88. The molecule has 126 valence electrons. The average molecular weight is 344 g/mol. The minimum Gasteiger partial charge on any atom is -0.357 e. The normalized spacial score (nSPS) is 12.5. The van der Waals surface area contributed by atoms with Crippen molar-refractivity contribution in [3.63, 3.8) is 0 Å². The van der Waals surface area contributed by atoms with Gasteiger partial charge in [-0.1, -0.05) is 13.0 Å². The molecule has 0 bridgehead atoms. The standard InChI is InChI=1S/C18H21FN4S/c1-3-21-18(22-11-13(2)17-5-4-8-24-17)23-12-15-9-14(10-20)6-7-16(15)19/h4-9,13H,3,11-12H2,1-2H3,(H2,21,22,23). The number of nitrogens with zero attached hydrogens (tertiary/aromatic N) is 2. The van der Waals surface area contributed by atoms with Crippen LogP contribution in [0.3, 0.4) is 0 Å². The zero-order valence-corrected chi connectivity index (χ0v) is 14.7. The Morgan fingerprint density at radius 2 is 2.21 bits per heavy atom. The molecule has 0 fully saturated rings. The molecule has 0 saturated carbocycles. The van der Waals surface area contributed by atoms with Gasteiger partial charge in [0.1, 0.15) is 5.82 Å². The molecule has 2 rings (SSSR count). The summed E-state index contributed by atoms with van der Waals surface area (Å²) in [5.74, 6) is 0.663. The third-order valence-electron chi connectivity index (χ3n) is 3.53. The van der Waals surface area contributed by atoms with Gasteiger partial charge in [-0.15, -0.1) is 11.3 Å². The van der Waals surface area contributed by atoms with E-state index in [0.29, 0.717) is 23.0 Å². The van der Waals surface area contributed by atoms with Crippen LogP contribution in [0.4, 0.5) is 4.39 Å². The van der Waals surface area contributed by atoms with Gasteiger partial charge in [0.15, 0.2) is 5.96 Å². The monoisotopic (exact) mass is 344 g/mol. The van der Waals surface area contributed by atoms with E-state index in [-0.39, 0.29) is 12.4 Å². The molecule has 0 amide bonds. The Bertz CT molecular complexity index is 719. The van der Waals surface area contributed by atoms with Crippen molar-refractivity contribution in [2.75, 3.05) is 13.1 Å². The molecule has 4 nitrogen and oxygen atoms in total. The van der Waals surface area contributed by atoms with Crippen molar-refractivity contribution in [3.05, 3.63) is 57.5 Å². The number of guanidine groups is 1. The minimum absolute atomic E-state index is 0.185. The topological polar surface area (TPSA) is 60.2 Å². The van der Waals surface area contributed by atoms with Gasteiger partial charge in [0.05, 0.1) is 18.2 Å². The van der Waals surface area contributed by atoms with E-state index in [4.69, 9.17) is 5.26 Å². The molecule has 1 aromatic carbocycles. The largest absolute Gasteiger partial charge is 0.357 e.